The summed E-state index contributed by atoms with van der Waals surface area (Å²) in [4.78, 5) is 38.2. The number of aromatic amines is 1. The van der Waals surface area contributed by atoms with E-state index in [1.54, 1.807) is 31.2 Å². The van der Waals surface area contributed by atoms with Gasteiger partial charge < -0.3 is 14.2 Å². The van der Waals surface area contributed by atoms with E-state index in [9.17, 15) is 14.4 Å². The van der Waals surface area contributed by atoms with Gasteiger partial charge in [0.25, 0.3) is 5.91 Å². The number of para-hydroxylation sites is 1. The molecule has 0 bridgehead atoms. The number of fused-ring (bicyclic) bond motifs is 1. The van der Waals surface area contributed by atoms with Gasteiger partial charge in [0, 0.05) is 23.0 Å². The lowest BCUT2D eigenvalue weighted by molar-refractivity contribution is -0.119. The third-order valence-electron chi connectivity index (χ3n) is 3.20. The minimum absolute atomic E-state index is 0.0951. The van der Waals surface area contributed by atoms with Crippen LogP contribution in [0.4, 0.5) is 5.88 Å². The topological polar surface area (TPSA) is 114 Å². The van der Waals surface area contributed by atoms with E-state index in [4.69, 9.17) is 9.26 Å². The van der Waals surface area contributed by atoms with Crippen molar-refractivity contribution < 1.29 is 18.8 Å². The van der Waals surface area contributed by atoms with Gasteiger partial charge in [-0.15, -0.1) is 0 Å². The molecule has 0 saturated carbocycles. The molecule has 2 aromatic heterocycles. The van der Waals surface area contributed by atoms with Gasteiger partial charge >= 0.3 is 5.97 Å². The third-order valence-corrected chi connectivity index (χ3v) is 3.20. The zero-order chi connectivity index (χ0) is 17.1. The molecule has 0 aliphatic rings. The van der Waals surface area contributed by atoms with E-state index < -0.39 is 24.0 Å². The Kier molecular flexibility index (Phi) is 4.11. The number of esters is 1. The lowest BCUT2D eigenvalue weighted by Crippen LogP contribution is -2.21. The first-order chi connectivity index (χ1) is 11.5. The number of hydrogen-bond donors (Lipinski definition) is 2. The minimum Gasteiger partial charge on any atom is -0.452 e. The first kappa shape index (κ1) is 15.5. The van der Waals surface area contributed by atoms with E-state index >= 15 is 0 Å². The summed E-state index contributed by atoms with van der Waals surface area (Å²) in [5.41, 5.74) is 0.788. The standard InChI is InChI=1S/C16H13N3O5/c1-9-6-15(24-19-9)18-14(21)8-23-16(22)11-7-13(20)17-12-5-3-2-4-10(11)12/h2-7H,8H2,1H3,(H,17,20)(H,18,21). The van der Waals surface area contributed by atoms with Crippen molar-refractivity contribution in [1.82, 2.24) is 10.1 Å². The number of aryl methyl sites for hydroxylation is 1. The monoisotopic (exact) mass is 327 g/mol. The summed E-state index contributed by atoms with van der Waals surface area (Å²) in [5, 5.41) is 6.56. The molecule has 24 heavy (non-hydrogen) atoms. The number of carbonyl (C=O) groups is 2. The van der Waals surface area contributed by atoms with Crippen molar-refractivity contribution in [3.8, 4) is 0 Å². The number of rotatable bonds is 4. The average molecular weight is 327 g/mol. The van der Waals surface area contributed by atoms with Gasteiger partial charge in [-0.3, -0.25) is 14.9 Å². The number of carbonyl (C=O) groups excluding carboxylic acids is 2. The van der Waals surface area contributed by atoms with Crippen LogP contribution >= 0.6 is 0 Å². The van der Waals surface area contributed by atoms with Gasteiger partial charge in [0.05, 0.1) is 11.3 Å². The molecule has 0 unspecified atom stereocenters. The van der Waals surface area contributed by atoms with Crippen LogP contribution < -0.4 is 10.9 Å². The molecule has 122 valence electrons. The quantitative estimate of drug-likeness (QED) is 0.704. The van der Waals surface area contributed by atoms with Crippen LogP contribution in [0.5, 0.6) is 0 Å². The van der Waals surface area contributed by atoms with Crippen molar-refractivity contribution in [3.63, 3.8) is 0 Å². The maximum Gasteiger partial charge on any atom is 0.339 e. The number of hydrogen-bond acceptors (Lipinski definition) is 6. The highest BCUT2D eigenvalue weighted by atomic mass is 16.5. The SMILES string of the molecule is Cc1cc(NC(=O)COC(=O)c2cc(=O)[nH]c3ccccc23)on1. The highest BCUT2D eigenvalue weighted by molar-refractivity contribution is 6.04. The molecule has 0 radical (unpaired) electrons. The normalized spacial score (nSPS) is 10.5. The Morgan fingerprint density at radius 1 is 1.29 bits per heavy atom. The molecular formula is C16H13N3O5. The third kappa shape index (κ3) is 3.32. The smallest absolute Gasteiger partial charge is 0.339 e. The molecule has 1 aromatic carbocycles. The molecule has 0 fully saturated rings. The number of amides is 1. The fourth-order valence-electron chi connectivity index (χ4n) is 2.18. The number of nitrogens with zero attached hydrogens (tertiary/aromatic N) is 1. The molecule has 3 rings (SSSR count). The summed E-state index contributed by atoms with van der Waals surface area (Å²) in [7, 11) is 0. The van der Waals surface area contributed by atoms with Crippen LogP contribution in [0.15, 0.2) is 45.7 Å². The molecule has 8 nitrogen and oxygen atoms in total. The van der Waals surface area contributed by atoms with Gasteiger partial charge in [0.1, 0.15) is 0 Å². The molecule has 2 N–H and O–H groups in total. The van der Waals surface area contributed by atoms with Crippen LogP contribution in [0.3, 0.4) is 0 Å². The van der Waals surface area contributed by atoms with Crippen molar-refractivity contribution in [2.24, 2.45) is 0 Å². The molecule has 0 aliphatic heterocycles. The predicted octanol–water partition coefficient (Wildman–Crippen LogP) is 1.62. The van der Waals surface area contributed by atoms with Crippen molar-refractivity contribution in [2.75, 3.05) is 11.9 Å². The summed E-state index contributed by atoms with van der Waals surface area (Å²) in [6, 6.07) is 9.49. The van der Waals surface area contributed by atoms with Crippen LogP contribution in [0.2, 0.25) is 0 Å². The van der Waals surface area contributed by atoms with Crippen LogP contribution in [0.25, 0.3) is 10.9 Å². The Balaban J connectivity index is 1.71. The second kappa shape index (κ2) is 6.37. The second-order valence-electron chi connectivity index (χ2n) is 5.05. The summed E-state index contributed by atoms with van der Waals surface area (Å²) in [6.45, 7) is 1.19. The van der Waals surface area contributed by atoms with Gasteiger partial charge in [-0.2, -0.15) is 0 Å². The number of pyridine rings is 1. The first-order valence-electron chi connectivity index (χ1n) is 7.05. The highest BCUT2D eigenvalue weighted by Gasteiger charge is 2.15. The van der Waals surface area contributed by atoms with Crippen LogP contribution in [0.1, 0.15) is 16.1 Å². The Morgan fingerprint density at radius 3 is 2.83 bits per heavy atom. The van der Waals surface area contributed by atoms with Crippen LogP contribution in [-0.2, 0) is 9.53 Å². The van der Waals surface area contributed by atoms with Crippen molar-refractivity contribution >= 4 is 28.7 Å². The largest absolute Gasteiger partial charge is 0.452 e. The molecule has 0 atom stereocenters. The van der Waals surface area contributed by atoms with Crippen molar-refractivity contribution in [3.05, 3.63) is 58.0 Å². The van der Waals surface area contributed by atoms with Crippen LogP contribution in [0, 0.1) is 6.92 Å². The van der Waals surface area contributed by atoms with E-state index in [1.807, 2.05) is 0 Å². The lowest BCUT2D eigenvalue weighted by atomic mass is 10.1. The van der Waals surface area contributed by atoms with E-state index in [0.29, 0.717) is 16.6 Å². The second-order valence-corrected chi connectivity index (χ2v) is 5.05. The minimum atomic E-state index is -0.763. The van der Waals surface area contributed by atoms with E-state index in [2.05, 4.69) is 15.5 Å². The zero-order valence-electron chi connectivity index (χ0n) is 12.7. The number of H-pyrrole nitrogens is 1. The maximum atomic E-state index is 12.2. The van der Waals surface area contributed by atoms with Crippen molar-refractivity contribution in [1.29, 1.82) is 0 Å². The molecular weight excluding hydrogens is 314 g/mol. The fourth-order valence-corrected chi connectivity index (χ4v) is 2.18. The van der Waals surface area contributed by atoms with Gasteiger partial charge in [-0.05, 0) is 13.0 Å². The van der Waals surface area contributed by atoms with Crippen LogP contribution in [-0.4, -0.2) is 28.6 Å². The summed E-state index contributed by atoms with van der Waals surface area (Å²) < 4.78 is 9.80. The number of benzene rings is 1. The molecule has 3 aromatic rings. The van der Waals surface area contributed by atoms with E-state index in [-0.39, 0.29) is 11.4 Å². The van der Waals surface area contributed by atoms with E-state index in [1.165, 1.54) is 6.07 Å². The van der Waals surface area contributed by atoms with Gasteiger partial charge in [-0.1, -0.05) is 23.4 Å². The molecule has 0 spiro atoms. The predicted molar refractivity (Wildman–Crippen MR) is 84.7 cm³/mol. The Bertz CT molecular complexity index is 973. The average Bonchev–Trinajstić information content (AvgIpc) is 2.96. The number of nitrogens with one attached hydrogen (secondary N) is 2. The number of ether oxygens (including phenoxy) is 1. The Hall–Kier alpha value is -3.42. The summed E-state index contributed by atoms with van der Waals surface area (Å²) >= 11 is 0. The maximum absolute atomic E-state index is 12.2. The number of anilines is 1. The molecule has 8 heteroatoms. The van der Waals surface area contributed by atoms with Crippen molar-refractivity contribution in [2.45, 2.75) is 6.92 Å². The highest BCUT2D eigenvalue weighted by Crippen LogP contribution is 2.15. The Morgan fingerprint density at radius 2 is 2.08 bits per heavy atom. The first-order valence-corrected chi connectivity index (χ1v) is 7.05. The fraction of sp³-hybridized carbons (Fsp3) is 0.125. The van der Waals surface area contributed by atoms with E-state index in [0.717, 1.165) is 6.07 Å². The van der Waals surface area contributed by atoms with Gasteiger partial charge in [0.2, 0.25) is 11.4 Å². The van der Waals surface area contributed by atoms with Gasteiger partial charge in [0.15, 0.2) is 6.61 Å². The zero-order valence-corrected chi connectivity index (χ0v) is 12.7. The molecule has 0 saturated heterocycles. The molecule has 1 amide bonds. The molecule has 0 aliphatic carbocycles. The molecule has 2 heterocycles. The van der Waals surface area contributed by atoms with Gasteiger partial charge in [-0.25, -0.2) is 4.79 Å². The summed E-state index contributed by atoms with van der Waals surface area (Å²) in [5.74, 6) is -1.18. The Labute approximate surface area is 135 Å². The lowest BCUT2D eigenvalue weighted by Gasteiger charge is -2.07. The summed E-state index contributed by atoms with van der Waals surface area (Å²) in [6.07, 6.45) is 0. The number of aromatic nitrogens is 2.